The highest BCUT2D eigenvalue weighted by Crippen LogP contribution is 2.63. The lowest BCUT2D eigenvalue weighted by Crippen LogP contribution is -2.71. The molecule has 9 atom stereocenters. The number of hydroxylamine groups is 2. The quantitative estimate of drug-likeness (QED) is 0.147. The highest BCUT2D eigenvalue weighted by Gasteiger charge is 2.78. The van der Waals surface area contributed by atoms with Crippen LogP contribution in [0.5, 0.6) is 0 Å². The van der Waals surface area contributed by atoms with Crippen molar-refractivity contribution >= 4 is 35.7 Å². The number of carbonyl (C=O) groups is 5. The molecule has 1 aromatic carbocycles. The van der Waals surface area contributed by atoms with Crippen LogP contribution >= 0.6 is 0 Å². The molecule has 3 aliphatic heterocycles. The van der Waals surface area contributed by atoms with E-state index >= 15 is 0 Å². The van der Waals surface area contributed by atoms with Crippen LogP contribution in [0.1, 0.15) is 83.8 Å². The Morgan fingerprint density at radius 2 is 1.68 bits per heavy atom. The molecule has 3 aliphatic carbocycles. The summed E-state index contributed by atoms with van der Waals surface area (Å²) in [6, 6.07) is 3.73. The van der Waals surface area contributed by atoms with Crippen molar-refractivity contribution in [3.8, 4) is 0 Å². The summed E-state index contributed by atoms with van der Waals surface area (Å²) in [5.41, 5.74) is -0.776. The highest BCUT2D eigenvalue weighted by molar-refractivity contribution is 5.96. The molecule has 0 radical (unpaired) electrons. The van der Waals surface area contributed by atoms with Gasteiger partial charge in [0.2, 0.25) is 17.7 Å². The number of hydrogen-bond donors (Lipinski definition) is 4. The third-order valence-electron chi connectivity index (χ3n) is 11.8. The van der Waals surface area contributed by atoms with Gasteiger partial charge in [0.1, 0.15) is 41.5 Å². The zero-order valence-electron chi connectivity index (χ0n) is 33.5. The van der Waals surface area contributed by atoms with Gasteiger partial charge in [0.25, 0.3) is 0 Å². The van der Waals surface area contributed by atoms with Crippen molar-refractivity contribution in [1.82, 2.24) is 20.6 Å². The summed E-state index contributed by atoms with van der Waals surface area (Å²) < 4.78 is 25.1. The predicted octanol–water partition coefficient (Wildman–Crippen LogP) is 1.35. The summed E-state index contributed by atoms with van der Waals surface area (Å²) in [4.78, 5) is 75.4. The number of carbonyl (C=O) groups excluding carboxylic acids is 5. The number of benzene rings is 1. The van der Waals surface area contributed by atoms with E-state index in [1.807, 2.05) is 24.3 Å². The van der Waals surface area contributed by atoms with Crippen LogP contribution in [-0.4, -0.2) is 131 Å². The Morgan fingerprint density at radius 3 is 2.26 bits per heavy atom. The van der Waals surface area contributed by atoms with Gasteiger partial charge >= 0.3 is 11.9 Å². The molecule has 57 heavy (non-hydrogen) atoms. The Morgan fingerprint density at radius 1 is 1.04 bits per heavy atom. The van der Waals surface area contributed by atoms with Crippen molar-refractivity contribution in [3.63, 3.8) is 0 Å². The minimum Gasteiger partial charge on any atom is -0.460 e. The van der Waals surface area contributed by atoms with E-state index in [9.17, 15) is 34.2 Å². The zero-order chi connectivity index (χ0) is 41.0. The Kier molecular flexibility index (Phi) is 11.3. The van der Waals surface area contributed by atoms with E-state index in [1.54, 1.807) is 40.9 Å². The van der Waals surface area contributed by atoms with Gasteiger partial charge in [-0.1, -0.05) is 24.3 Å². The van der Waals surface area contributed by atoms with Gasteiger partial charge in [-0.3, -0.25) is 28.8 Å². The lowest BCUT2D eigenvalue weighted by atomic mass is 9.62. The molecule has 6 aliphatic rings. The maximum Gasteiger partial charge on any atom is 0.327 e. The summed E-state index contributed by atoms with van der Waals surface area (Å²) in [6.45, 7) is 6.14. The molecule has 16 nitrogen and oxygen atoms in total. The fourth-order valence-corrected chi connectivity index (χ4v) is 8.76. The summed E-state index contributed by atoms with van der Waals surface area (Å²) in [5.74, 6) is -3.31. The normalized spacial score (nSPS) is 30.5. The number of rotatable bonds is 15. The second-order valence-electron chi connectivity index (χ2n) is 17.7. The number of fused-ring (bicyclic) bond motifs is 4. The van der Waals surface area contributed by atoms with Crippen LogP contribution in [0.15, 0.2) is 30.3 Å². The van der Waals surface area contributed by atoms with Gasteiger partial charge in [0.05, 0.1) is 25.3 Å². The van der Waals surface area contributed by atoms with E-state index in [-0.39, 0.29) is 43.6 Å². The molecule has 3 saturated carbocycles. The van der Waals surface area contributed by atoms with Crippen LogP contribution in [0.3, 0.4) is 0 Å². The minimum absolute atomic E-state index is 0.0271. The van der Waals surface area contributed by atoms with Gasteiger partial charge in [0, 0.05) is 44.8 Å². The molecule has 3 amide bonds. The van der Waals surface area contributed by atoms with Crippen LogP contribution in [0.2, 0.25) is 0 Å². The lowest BCUT2D eigenvalue weighted by molar-refractivity contribution is -0.235. The average Bonchev–Trinajstić information content (AvgIpc) is 4.10. The lowest BCUT2D eigenvalue weighted by Gasteiger charge is -2.49. The van der Waals surface area contributed by atoms with E-state index in [1.165, 1.54) is 23.0 Å². The van der Waals surface area contributed by atoms with Crippen LogP contribution in [0.25, 0.3) is 6.08 Å². The average molecular weight is 797 g/mol. The fourth-order valence-electron chi connectivity index (χ4n) is 8.76. The van der Waals surface area contributed by atoms with E-state index in [4.69, 9.17) is 23.8 Å². The Bertz CT molecular complexity index is 1740. The van der Waals surface area contributed by atoms with Crippen molar-refractivity contribution in [1.29, 1.82) is 0 Å². The van der Waals surface area contributed by atoms with Crippen LogP contribution < -0.4 is 10.6 Å². The first-order chi connectivity index (χ1) is 27.0. The predicted molar refractivity (Wildman–Crippen MR) is 201 cm³/mol. The van der Waals surface area contributed by atoms with E-state index in [0.29, 0.717) is 0 Å². The first-order valence-electron chi connectivity index (χ1n) is 20.1. The molecule has 4 N–H and O–H groups in total. The number of ether oxygens (including phenoxy) is 4. The van der Waals surface area contributed by atoms with Crippen molar-refractivity contribution < 1.29 is 58.0 Å². The third-order valence-corrected chi connectivity index (χ3v) is 11.8. The number of likely N-dealkylation sites (N-methyl/N-ethyl adjacent to an activating group) is 1. The first-order valence-corrected chi connectivity index (χ1v) is 20.1. The summed E-state index contributed by atoms with van der Waals surface area (Å²) in [6.07, 6.45) is 2.26. The zero-order valence-corrected chi connectivity index (χ0v) is 33.5. The van der Waals surface area contributed by atoms with Crippen molar-refractivity contribution in [2.24, 2.45) is 17.3 Å². The van der Waals surface area contributed by atoms with Crippen LogP contribution in [0.4, 0.5) is 0 Å². The molecule has 312 valence electrons. The minimum atomic E-state index is -1.61. The number of hydrogen-bond acceptors (Lipinski definition) is 13. The fraction of sp³-hybridized carbons (Fsp3) is 0.683. The largest absolute Gasteiger partial charge is 0.460 e. The van der Waals surface area contributed by atoms with E-state index in [2.05, 4.69) is 10.6 Å². The Labute approximate surface area is 332 Å². The number of nitrogens with one attached hydrogen (secondary N) is 2. The Balaban J connectivity index is 1.15. The maximum absolute atomic E-state index is 15.0. The maximum atomic E-state index is 15.0. The number of esters is 2. The second-order valence-corrected chi connectivity index (χ2v) is 17.7. The number of aliphatic hydroxyl groups excluding tert-OH is 2. The van der Waals surface area contributed by atoms with Gasteiger partial charge in [-0.05, 0) is 77.0 Å². The summed E-state index contributed by atoms with van der Waals surface area (Å²) in [5, 5.41) is 27.8. The summed E-state index contributed by atoms with van der Waals surface area (Å²) >= 11 is 0. The number of amides is 3. The molecular formula is C41H56N4O12. The first kappa shape index (κ1) is 41.2. The molecule has 16 heteroatoms. The van der Waals surface area contributed by atoms with Gasteiger partial charge in [-0.15, -0.1) is 0 Å². The van der Waals surface area contributed by atoms with Crippen LogP contribution in [-0.2, 0) is 54.3 Å². The van der Waals surface area contributed by atoms with Crippen molar-refractivity contribution in [2.45, 2.75) is 139 Å². The van der Waals surface area contributed by atoms with Gasteiger partial charge in [-0.2, -0.15) is 5.06 Å². The Hall–Kier alpha value is -3.93. The standard InChI is InChI=1S/C41H56N4O12/c1-22(47)31(36(50)42-27(21-46)16-18-30(49)54-39(2,3)4)43-38(52)40-19-28-32-33(56-41(55-32,25-12-13-25)26-14-15-26)35(40)57-45(34(40)37(51)53-28)20-24-9-7-23(8-10-24)11-17-29(48)44(5)6/h7-11,17,22,25-28,31-35,46-47H,12-16,18-21H2,1-6H3,(H,42,50)(H,43,52)/t22-,27-,28+,31+,32-,33-,34-,35+,40-/m0/s1. The number of nitrogens with zero attached hydrogens (tertiary/aromatic N) is 2. The van der Waals surface area contributed by atoms with E-state index in [0.717, 1.165) is 36.8 Å². The smallest absolute Gasteiger partial charge is 0.327 e. The molecule has 0 aromatic heterocycles. The number of aliphatic hydroxyl groups is 2. The monoisotopic (exact) mass is 796 g/mol. The molecule has 7 rings (SSSR count). The van der Waals surface area contributed by atoms with Gasteiger partial charge in [0.15, 0.2) is 11.8 Å². The van der Waals surface area contributed by atoms with Crippen molar-refractivity contribution in [3.05, 3.63) is 41.5 Å². The topological polar surface area (TPSA) is 202 Å². The van der Waals surface area contributed by atoms with E-state index < -0.39 is 95.8 Å². The van der Waals surface area contributed by atoms with Gasteiger partial charge < -0.3 is 44.7 Å². The molecule has 0 spiro atoms. The SMILES string of the molecule is C[C@H](O)[C@@H](NC(=O)[C@@]12C[C@H]3OC(=O)[C@@H]1N(Cc1ccc(C=CC(=O)N(C)C)cc1)O[C@@H]2[C@H]1OC(C2CC2)(C2CC2)O[C@H]13)C(=O)N[C@H](CO)CCC(=O)OC(C)(C)C. The van der Waals surface area contributed by atoms with Gasteiger partial charge in [-0.25, -0.2) is 0 Å². The van der Waals surface area contributed by atoms with Crippen molar-refractivity contribution in [2.75, 3.05) is 20.7 Å². The molecule has 3 heterocycles. The molecule has 6 fully saturated rings. The molecular weight excluding hydrogens is 740 g/mol. The molecule has 1 aromatic rings. The molecule has 3 saturated heterocycles. The summed E-state index contributed by atoms with van der Waals surface area (Å²) in [7, 11) is 3.33. The van der Waals surface area contributed by atoms with Crippen LogP contribution in [0, 0.1) is 17.3 Å². The molecule has 2 bridgehead atoms. The molecule has 0 unspecified atom stereocenters. The third kappa shape index (κ3) is 8.21. The highest BCUT2D eigenvalue weighted by atomic mass is 16.8. The second kappa shape index (κ2) is 15.7.